The zero-order chi connectivity index (χ0) is 26.5. The fourth-order valence-corrected chi connectivity index (χ4v) is 5.06. The number of nitrogens with zero attached hydrogens (tertiary/aromatic N) is 4. The normalized spacial score (nSPS) is 13.6. The number of hydrogen-bond donors (Lipinski definition) is 3. The van der Waals surface area contributed by atoms with Crippen LogP contribution < -0.4 is 5.32 Å². The lowest BCUT2D eigenvalue weighted by Gasteiger charge is -2.24. The van der Waals surface area contributed by atoms with Crippen LogP contribution in [0.2, 0.25) is 0 Å². The van der Waals surface area contributed by atoms with Gasteiger partial charge in [0.2, 0.25) is 5.91 Å². The Morgan fingerprint density at radius 2 is 1.87 bits per heavy atom. The molecule has 192 valence electrons. The molecule has 0 aliphatic heterocycles. The number of nitrogens with one attached hydrogen (secondary N) is 3. The van der Waals surface area contributed by atoms with Crippen LogP contribution in [0.15, 0.2) is 67.0 Å². The van der Waals surface area contributed by atoms with E-state index in [1.54, 1.807) is 12.4 Å². The van der Waals surface area contributed by atoms with Crippen LogP contribution in [0, 0.1) is 18.7 Å². The molecule has 1 fully saturated rings. The molecule has 1 saturated carbocycles. The Balaban J connectivity index is 1.27. The number of benzene rings is 2. The number of rotatable bonds is 5. The summed E-state index contributed by atoms with van der Waals surface area (Å²) in [4.78, 5) is 29.8. The molecular formula is C30H24FN7O. The van der Waals surface area contributed by atoms with Gasteiger partial charge in [0, 0.05) is 23.2 Å². The second-order valence-corrected chi connectivity index (χ2v) is 10.0. The summed E-state index contributed by atoms with van der Waals surface area (Å²) in [5.74, 6) is 0.402. The molecule has 0 unspecified atom stereocenters. The van der Waals surface area contributed by atoms with E-state index in [2.05, 4.69) is 25.5 Å². The van der Waals surface area contributed by atoms with Gasteiger partial charge in [-0.2, -0.15) is 5.10 Å². The van der Waals surface area contributed by atoms with Gasteiger partial charge in [0.1, 0.15) is 11.3 Å². The summed E-state index contributed by atoms with van der Waals surface area (Å²) in [5, 5.41) is 10.5. The number of carbonyl (C=O) groups is 1. The molecule has 2 aromatic carbocycles. The van der Waals surface area contributed by atoms with Gasteiger partial charge in [0.15, 0.2) is 11.5 Å². The second-order valence-electron chi connectivity index (χ2n) is 10.0. The van der Waals surface area contributed by atoms with Crippen molar-refractivity contribution in [2.45, 2.75) is 26.2 Å². The maximum absolute atomic E-state index is 14.2. The molecular weight excluding hydrogens is 493 g/mol. The first-order valence-electron chi connectivity index (χ1n) is 12.9. The van der Waals surface area contributed by atoms with E-state index in [1.165, 1.54) is 12.1 Å². The Bertz CT molecular complexity index is 1870. The van der Waals surface area contributed by atoms with Gasteiger partial charge in [-0.05, 0) is 67.3 Å². The SMILES string of the molecule is Cc1cc(F)cc(-c2cccc3[nH]c(-c4n[nH]c5ccc(-c6cncc(NC(=O)C7CCC7)c6)nc45)nc23)c1. The van der Waals surface area contributed by atoms with Crippen molar-refractivity contribution < 1.29 is 9.18 Å². The highest BCUT2D eigenvalue weighted by Crippen LogP contribution is 2.33. The molecule has 0 saturated heterocycles. The maximum atomic E-state index is 14.2. The third-order valence-electron chi connectivity index (χ3n) is 7.28. The van der Waals surface area contributed by atoms with Gasteiger partial charge in [-0.3, -0.25) is 14.9 Å². The molecule has 3 N–H and O–H groups in total. The first kappa shape index (κ1) is 23.2. The van der Waals surface area contributed by atoms with E-state index in [4.69, 9.17) is 9.97 Å². The van der Waals surface area contributed by atoms with Crippen LogP contribution in [0.25, 0.3) is 56.0 Å². The zero-order valence-electron chi connectivity index (χ0n) is 21.1. The Labute approximate surface area is 222 Å². The number of fused-ring (bicyclic) bond motifs is 2. The lowest BCUT2D eigenvalue weighted by atomic mass is 9.85. The maximum Gasteiger partial charge on any atom is 0.227 e. The molecule has 39 heavy (non-hydrogen) atoms. The van der Waals surface area contributed by atoms with Gasteiger partial charge >= 0.3 is 0 Å². The van der Waals surface area contributed by atoms with Crippen molar-refractivity contribution in [1.82, 2.24) is 30.1 Å². The summed E-state index contributed by atoms with van der Waals surface area (Å²) >= 11 is 0. The van der Waals surface area contributed by atoms with E-state index in [9.17, 15) is 9.18 Å². The zero-order valence-corrected chi connectivity index (χ0v) is 21.1. The van der Waals surface area contributed by atoms with Crippen LogP contribution in [0.5, 0.6) is 0 Å². The number of hydrogen-bond acceptors (Lipinski definition) is 5. The molecule has 6 aromatic rings. The van der Waals surface area contributed by atoms with E-state index < -0.39 is 0 Å². The average Bonchev–Trinajstić information content (AvgIpc) is 3.50. The molecule has 1 aliphatic rings. The lowest BCUT2D eigenvalue weighted by Crippen LogP contribution is -2.28. The minimum Gasteiger partial charge on any atom is -0.336 e. The molecule has 4 aromatic heterocycles. The van der Waals surface area contributed by atoms with E-state index >= 15 is 0 Å². The summed E-state index contributed by atoms with van der Waals surface area (Å²) in [6.07, 6.45) is 6.34. The van der Waals surface area contributed by atoms with Gasteiger partial charge in [0.05, 0.1) is 34.1 Å². The molecule has 0 bridgehead atoms. The van der Waals surface area contributed by atoms with E-state index in [-0.39, 0.29) is 17.6 Å². The smallest absolute Gasteiger partial charge is 0.227 e. The molecule has 8 nitrogen and oxygen atoms in total. The summed E-state index contributed by atoms with van der Waals surface area (Å²) in [5.41, 5.74) is 8.10. The van der Waals surface area contributed by atoms with Crippen molar-refractivity contribution in [3.05, 3.63) is 78.4 Å². The number of para-hydroxylation sites is 1. The minimum atomic E-state index is -0.283. The van der Waals surface area contributed by atoms with Crippen LogP contribution in [-0.4, -0.2) is 36.0 Å². The summed E-state index contributed by atoms with van der Waals surface area (Å²) in [7, 11) is 0. The molecule has 4 heterocycles. The van der Waals surface area contributed by atoms with Crippen LogP contribution >= 0.6 is 0 Å². The molecule has 1 amide bonds. The van der Waals surface area contributed by atoms with Gasteiger partial charge in [-0.1, -0.05) is 24.6 Å². The summed E-state index contributed by atoms with van der Waals surface area (Å²) < 4.78 is 14.2. The molecule has 0 atom stereocenters. The summed E-state index contributed by atoms with van der Waals surface area (Å²) in [6.45, 7) is 1.87. The Kier molecular flexibility index (Phi) is 5.43. The molecule has 0 spiro atoms. The van der Waals surface area contributed by atoms with E-state index in [0.29, 0.717) is 28.4 Å². The highest BCUT2D eigenvalue weighted by Gasteiger charge is 2.25. The highest BCUT2D eigenvalue weighted by molar-refractivity contribution is 5.97. The topological polar surface area (TPSA) is 112 Å². The predicted molar refractivity (Wildman–Crippen MR) is 148 cm³/mol. The van der Waals surface area contributed by atoms with Crippen molar-refractivity contribution in [1.29, 1.82) is 0 Å². The number of aryl methyl sites for hydroxylation is 1. The number of halogens is 1. The van der Waals surface area contributed by atoms with Crippen LogP contribution in [0.1, 0.15) is 24.8 Å². The number of aromatic amines is 2. The van der Waals surface area contributed by atoms with Gasteiger partial charge in [-0.15, -0.1) is 0 Å². The summed E-state index contributed by atoms with van der Waals surface area (Å²) in [6, 6.07) is 16.4. The molecule has 9 heteroatoms. The Morgan fingerprint density at radius 1 is 0.974 bits per heavy atom. The van der Waals surface area contributed by atoms with E-state index in [1.807, 2.05) is 49.4 Å². The lowest BCUT2D eigenvalue weighted by molar-refractivity contribution is -0.122. The largest absolute Gasteiger partial charge is 0.336 e. The van der Waals surface area contributed by atoms with Crippen molar-refractivity contribution in [3.63, 3.8) is 0 Å². The number of pyridine rings is 2. The average molecular weight is 518 g/mol. The third kappa shape index (κ3) is 4.21. The van der Waals surface area contributed by atoms with Gasteiger partial charge in [-0.25, -0.2) is 14.4 Å². The van der Waals surface area contributed by atoms with E-state index in [0.717, 1.165) is 58.1 Å². The number of aromatic nitrogens is 6. The number of H-pyrrole nitrogens is 2. The van der Waals surface area contributed by atoms with Crippen molar-refractivity contribution >= 4 is 33.7 Å². The van der Waals surface area contributed by atoms with Crippen molar-refractivity contribution in [3.8, 4) is 33.9 Å². The minimum absolute atomic E-state index is 0.0402. The second kappa shape index (κ2) is 9.13. The number of anilines is 1. The quantitative estimate of drug-likeness (QED) is 0.244. The standard InChI is InChI=1S/C30H24FN7O/c1-16-10-18(12-20(31)11-16)22-6-3-7-24-26(22)36-29(35-24)28-27-25(37-38-28)9-8-23(34-27)19-13-21(15-32-14-19)33-30(39)17-4-2-5-17/h3,6-15,17H,2,4-5H2,1H3,(H,33,39)(H,35,36)(H,37,38). The molecule has 7 rings (SSSR count). The number of imidazole rings is 1. The first-order chi connectivity index (χ1) is 19.0. The van der Waals surface area contributed by atoms with Crippen LogP contribution in [0.4, 0.5) is 10.1 Å². The van der Waals surface area contributed by atoms with Gasteiger partial charge < -0.3 is 10.3 Å². The Hall–Kier alpha value is -4.92. The fourth-order valence-electron chi connectivity index (χ4n) is 5.06. The van der Waals surface area contributed by atoms with Crippen molar-refractivity contribution in [2.24, 2.45) is 5.92 Å². The highest BCUT2D eigenvalue weighted by atomic mass is 19.1. The monoisotopic (exact) mass is 517 g/mol. The molecule has 0 radical (unpaired) electrons. The molecule has 1 aliphatic carbocycles. The van der Waals surface area contributed by atoms with Crippen LogP contribution in [0.3, 0.4) is 0 Å². The number of carbonyl (C=O) groups excluding carboxylic acids is 1. The van der Waals surface area contributed by atoms with Crippen molar-refractivity contribution in [2.75, 3.05) is 5.32 Å². The number of amides is 1. The fraction of sp³-hybridized carbons (Fsp3) is 0.167. The Morgan fingerprint density at radius 3 is 2.69 bits per heavy atom. The third-order valence-corrected chi connectivity index (χ3v) is 7.28. The predicted octanol–water partition coefficient (Wildman–Crippen LogP) is 6.42. The first-order valence-corrected chi connectivity index (χ1v) is 12.9. The van der Waals surface area contributed by atoms with Crippen LogP contribution in [-0.2, 0) is 4.79 Å². The van der Waals surface area contributed by atoms with Gasteiger partial charge in [0.25, 0.3) is 0 Å².